The summed E-state index contributed by atoms with van der Waals surface area (Å²) in [6.07, 6.45) is 0.768. The Labute approximate surface area is 147 Å². The molecule has 0 spiro atoms. The third kappa shape index (κ3) is 4.26. The van der Waals surface area contributed by atoms with Gasteiger partial charge in [-0.3, -0.25) is 0 Å². The van der Waals surface area contributed by atoms with Crippen LogP contribution in [0.15, 0.2) is 24.3 Å². The van der Waals surface area contributed by atoms with Gasteiger partial charge in [-0.2, -0.15) is 0 Å². The third-order valence-corrected chi connectivity index (χ3v) is 4.89. The molecule has 2 aromatic rings. The fraction of sp³-hybridized carbons (Fsp3) is 0.353. The fourth-order valence-electron chi connectivity index (χ4n) is 2.53. The SMILES string of the molecule is COC(=O)Oc1cc(-c2ccc(F)cc2F)sc1NC1CCOCC1. The minimum atomic E-state index is -0.862. The number of carbonyl (C=O) groups is 1. The van der Waals surface area contributed by atoms with E-state index in [9.17, 15) is 13.6 Å². The van der Waals surface area contributed by atoms with E-state index in [0.717, 1.165) is 18.9 Å². The van der Waals surface area contributed by atoms with Gasteiger partial charge in [0.1, 0.15) is 16.6 Å². The molecule has 25 heavy (non-hydrogen) atoms. The summed E-state index contributed by atoms with van der Waals surface area (Å²) in [7, 11) is 1.21. The molecule has 0 atom stereocenters. The van der Waals surface area contributed by atoms with Gasteiger partial charge in [-0.05, 0) is 25.0 Å². The van der Waals surface area contributed by atoms with Crippen LogP contribution in [0.1, 0.15) is 12.8 Å². The molecule has 1 aromatic heterocycles. The summed E-state index contributed by atoms with van der Waals surface area (Å²) >= 11 is 1.23. The molecule has 1 saturated heterocycles. The Morgan fingerprint density at radius 1 is 1.28 bits per heavy atom. The van der Waals surface area contributed by atoms with Crippen LogP contribution in [0, 0.1) is 11.6 Å². The van der Waals surface area contributed by atoms with Crippen molar-refractivity contribution in [3.63, 3.8) is 0 Å². The van der Waals surface area contributed by atoms with E-state index in [1.807, 2.05) is 0 Å². The Kier molecular flexibility index (Phi) is 5.50. The second-order valence-electron chi connectivity index (χ2n) is 5.52. The number of carbonyl (C=O) groups excluding carboxylic acids is 1. The van der Waals surface area contributed by atoms with E-state index in [4.69, 9.17) is 9.47 Å². The van der Waals surface area contributed by atoms with E-state index < -0.39 is 17.8 Å². The molecule has 1 N–H and O–H groups in total. The summed E-state index contributed by atoms with van der Waals surface area (Å²) in [5.74, 6) is -1.07. The Bertz CT molecular complexity index is 759. The topological polar surface area (TPSA) is 56.8 Å². The summed E-state index contributed by atoms with van der Waals surface area (Å²) in [4.78, 5) is 12.0. The van der Waals surface area contributed by atoms with Crippen LogP contribution in [-0.2, 0) is 9.47 Å². The van der Waals surface area contributed by atoms with Crippen LogP contribution in [0.25, 0.3) is 10.4 Å². The predicted molar refractivity (Wildman–Crippen MR) is 90.2 cm³/mol. The number of methoxy groups -OCH3 is 1. The number of ether oxygens (including phenoxy) is 3. The van der Waals surface area contributed by atoms with Gasteiger partial charge in [-0.15, -0.1) is 11.3 Å². The first-order chi connectivity index (χ1) is 12.1. The average molecular weight is 369 g/mol. The van der Waals surface area contributed by atoms with Crippen LogP contribution in [0.2, 0.25) is 0 Å². The van der Waals surface area contributed by atoms with Gasteiger partial charge >= 0.3 is 6.16 Å². The number of rotatable bonds is 4. The number of halogens is 2. The van der Waals surface area contributed by atoms with Gasteiger partial charge in [0.2, 0.25) is 0 Å². The van der Waals surface area contributed by atoms with Gasteiger partial charge in [0.05, 0.1) is 7.11 Å². The zero-order chi connectivity index (χ0) is 17.8. The first-order valence-electron chi connectivity index (χ1n) is 7.76. The van der Waals surface area contributed by atoms with E-state index in [2.05, 4.69) is 10.1 Å². The predicted octanol–water partition coefficient (Wildman–Crippen LogP) is 4.43. The quantitative estimate of drug-likeness (QED) is 0.808. The lowest BCUT2D eigenvalue weighted by molar-refractivity contribution is 0.0903. The monoisotopic (exact) mass is 369 g/mol. The van der Waals surface area contributed by atoms with Crippen molar-refractivity contribution >= 4 is 22.5 Å². The smallest absolute Gasteiger partial charge is 0.437 e. The van der Waals surface area contributed by atoms with Crippen LogP contribution in [0.4, 0.5) is 18.6 Å². The molecule has 1 aliphatic rings. The Morgan fingerprint density at radius 2 is 2.04 bits per heavy atom. The van der Waals surface area contributed by atoms with Crippen LogP contribution in [0.5, 0.6) is 5.75 Å². The summed E-state index contributed by atoms with van der Waals surface area (Å²) < 4.78 is 42.2. The summed E-state index contributed by atoms with van der Waals surface area (Å²) in [6.45, 7) is 1.30. The molecule has 1 fully saturated rings. The molecule has 3 rings (SSSR count). The molecule has 8 heteroatoms. The highest BCUT2D eigenvalue weighted by molar-refractivity contribution is 7.19. The molecular weight excluding hydrogens is 352 g/mol. The van der Waals surface area contributed by atoms with Gasteiger partial charge in [0.25, 0.3) is 0 Å². The molecule has 134 valence electrons. The zero-order valence-electron chi connectivity index (χ0n) is 13.5. The van der Waals surface area contributed by atoms with Crippen molar-refractivity contribution in [1.29, 1.82) is 0 Å². The van der Waals surface area contributed by atoms with Gasteiger partial charge in [-0.1, -0.05) is 0 Å². The summed E-state index contributed by atoms with van der Waals surface area (Å²) in [6, 6.07) is 5.07. The van der Waals surface area contributed by atoms with Gasteiger partial charge in [0.15, 0.2) is 5.75 Å². The Balaban J connectivity index is 1.91. The molecule has 0 aliphatic carbocycles. The Morgan fingerprint density at radius 3 is 2.72 bits per heavy atom. The maximum Gasteiger partial charge on any atom is 0.513 e. The first kappa shape index (κ1) is 17.6. The fourth-order valence-corrected chi connectivity index (χ4v) is 3.62. The maximum absolute atomic E-state index is 14.1. The van der Waals surface area contributed by atoms with Crippen molar-refractivity contribution in [3.8, 4) is 16.2 Å². The van der Waals surface area contributed by atoms with Crippen molar-refractivity contribution in [2.45, 2.75) is 18.9 Å². The van der Waals surface area contributed by atoms with Crippen LogP contribution in [0.3, 0.4) is 0 Å². The van der Waals surface area contributed by atoms with Gasteiger partial charge < -0.3 is 19.5 Å². The van der Waals surface area contributed by atoms with E-state index in [0.29, 0.717) is 23.1 Å². The number of benzene rings is 1. The lowest BCUT2D eigenvalue weighted by Gasteiger charge is -2.23. The lowest BCUT2D eigenvalue weighted by Crippen LogP contribution is -2.27. The van der Waals surface area contributed by atoms with Crippen LogP contribution >= 0.6 is 11.3 Å². The van der Waals surface area contributed by atoms with E-state index >= 15 is 0 Å². The van der Waals surface area contributed by atoms with Gasteiger partial charge in [-0.25, -0.2) is 13.6 Å². The summed E-state index contributed by atoms with van der Waals surface area (Å²) in [5, 5.41) is 3.90. The normalized spacial score (nSPS) is 15.0. The van der Waals surface area contributed by atoms with Crippen molar-refractivity contribution in [1.82, 2.24) is 0 Å². The number of hydrogen-bond donors (Lipinski definition) is 1. The molecule has 0 amide bonds. The molecule has 0 bridgehead atoms. The molecule has 0 saturated carbocycles. The second kappa shape index (κ2) is 7.79. The molecular formula is C17H17F2NO4S. The second-order valence-corrected chi connectivity index (χ2v) is 6.57. The largest absolute Gasteiger partial charge is 0.513 e. The summed E-state index contributed by atoms with van der Waals surface area (Å²) in [5.41, 5.74) is 0.237. The van der Waals surface area contributed by atoms with Crippen LogP contribution in [-0.4, -0.2) is 32.5 Å². The number of nitrogens with one attached hydrogen (secondary N) is 1. The molecule has 1 aliphatic heterocycles. The lowest BCUT2D eigenvalue weighted by atomic mass is 10.1. The molecule has 2 heterocycles. The first-order valence-corrected chi connectivity index (χ1v) is 8.58. The zero-order valence-corrected chi connectivity index (χ0v) is 14.3. The van der Waals surface area contributed by atoms with Crippen molar-refractivity contribution in [2.24, 2.45) is 0 Å². The molecule has 0 unspecified atom stereocenters. The third-order valence-electron chi connectivity index (χ3n) is 3.81. The Hall–Kier alpha value is -2.19. The van der Waals surface area contributed by atoms with E-state index in [-0.39, 0.29) is 17.4 Å². The number of anilines is 1. The highest BCUT2D eigenvalue weighted by atomic mass is 32.1. The van der Waals surface area contributed by atoms with Crippen LogP contribution < -0.4 is 10.1 Å². The maximum atomic E-state index is 14.1. The highest BCUT2D eigenvalue weighted by Crippen LogP contribution is 2.42. The average Bonchev–Trinajstić information content (AvgIpc) is 2.97. The van der Waals surface area contributed by atoms with Gasteiger partial charge in [0, 0.05) is 41.8 Å². The van der Waals surface area contributed by atoms with E-state index in [1.54, 1.807) is 6.07 Å². The standard InChI is InChI=1S/C17H17F2NO4S/c1-22-17(21)24-14-9-15(12-3-2-10(18)8-13(12)19)25-16(14)20-11-4-6-23-7-5-11/h2-3,8-9,11,20H,4-7H2,1H3. The van der Waals surface area contributed by atoms with Crippen molar-refractivity contribution in [2.75, 3.05) is 25.6 Å². The molecule has 0 radical (unpaired) electrons. The number of hydrogen-bond acceptors (Lipinski definition) is 6. The molecule has 5 nitrogen and oxygen atoms in total. The van der Waals surface area contributed by atoms with Crippen molar-refractivity contribution < 1.29 is 27.8 Å². The minimum Gasteiger partial charge on any atom is -0.437 e. The van der Waals surface area contributed by atoms with Crippen molar-refractivity contribution in [3.05, 3.63) is 35.9 Å². The highest BCUT2D eigenvalue weighted by Gasteiger charge is 2.21. The van der Waals surface area contributed by atoms with E-state index in [1.165, 1.54) is 30.6 Å². The minimum absolute atomic E-state index is 0.165. The molecule has 1 aromatic carbocycles. The number of thiophene rings is 1.